The predicted octanol–water partition coefficient (Wildman–Crippen LogP) is -0.294. The maximum Gasteiger partial charge on any atom is 0.191 e. The Balaban J connectivity index is 1.94. The third-order valence-corrected chi connectivity index (χ3v) is 3.26. The Kier molecular flexibility index (Phi) is 4.59. The summed E-state index contributed by atoms with van der Waals surface area (Å²) < 4.78 is 0. The molecule has 1 aliphatic rings. The molecule has 1 aromatic rings. The third-order valence-electron chi connectivity index (χ3n) is 3.26. The Morgan fingerprint density at radius 3 is 2.26 bits per heavy atom. The smallest absolute Gasteiger partial charge is 0.191 e. The second-order valence-corrected chi connectivity index (χ2v) is 4.61. The summed E-state index contributed by atoms with van der Waals surface area (Å²) >= 11 is 0. The molecule has 0 radical (unpaired) electrons. The number of aliphatic imine (C=N–C) groups is 1. The number of nitrogens with zero attached hydrogens (tertiary/aromatic N) is 3. The summed E-state index contributed by atoms with van der Waals surface area (Å²) in [5.74, 6) is 0.0744. The van der Waals surface area contributed by atoms with Gasteiger partial charge in [0.1, 0.15) is 0 Å². The van der Waals surface area contributed by atoms with Gasteiger partial charge >= 0.3 is 0 Å². The number of nitrogens with two attached hydrogens (primary N) is 2. The van der Waals surface area contributed by atoms with E-state index in [1.54, 1.807) is 0 Å². The van der Waals surface area contributed by atoms with Crippen molar-refractivity contribution in [3.63, 3.8) is 0 Å². The van der Waals surface area contributed by atoms with E-state index in [9.17, 15) is 0 Å². The number of benzene rings is 1. The molecular formula is C13H21N5O. The molecular weight excluding hydrogens is 242 g/mol. The molecule has 0 spiro atoms. The predicted molar refractivity (Wildman–Crippen MR) is 77.7 cm³/mol. The topological polar surface area (TPSA) is 91.1 Å². The van der Waals surface area contributed by atoms with Crippen molar-refractivity contribution in [3.8, 4) is 0 Å². The molecule has 104 valence electrons. The van der Waals surface area contributed by atoms with E-state index in [4.69, 9.17) is 16.6 Å². The molecule has 1 saturated heterocycles. The lowest BCUT2D eigenvalue weighted by Crippen LogP contribution is -2.47. The lowest BCUT2D eigenvalue weighted by Gasteiger charge is -2.35. The first-order valence-corrected chi connectivity index (χ1v) is 6.47. The number of aliphatic hydroxyl groups excluding tert-OH is 1. The quantitative estimate of drug-likeness (QED) is 0.513. The standard InChI is InChI=1S/C13H21N5O/c14-13(15)16-11-1-3-12(4-2-11)18-7-5-17(6-8-18)9-10-19/h1-4,19H,5-10H2,(H4,14,15,16). The largest absolute Gasteiger partial charge is 0.395 e. The Morgan fingerprint density at radius 2 is 1.74 bits per heavy atom. The first-order chi connectivity index (χ1) is 9.19. The fraction of sp³-hybridized carbons (Fsp3) is 0.462. The van der Waals surface area contributed by atoms with Gasteiger partial charge in [-0.25, -0.2) is 4.99 Å². The summed E-state index contributed by atoms with van der Waals surface area (Å²) in [5, 5.41) is 8.92. The molecule has 1 heterocycles. The van der Waals surface area contributed by atoms with Gasteiger partial charge in [-0.3, -0.25) is 4.90 Å². The Labute approximate surface area is 113 Å². The van der Waals surface area contributed by atoms with Crippen molar-refractivity contribution < 1.29 is 5.11 Å². The van der Waals surface area contributed by atoms with E-state index in [2.05, 4.69) is 14.8 Å². The van der Waals surface area contributed by atoms with Crippen LogP contribution in [-0.4, -0.2) is 55.3 Å². The van der Waals surface area contributed by atoms with Gasteiger partial charge in [0.2, 0.25) is 0 Å². The monoisotopic (exact) mass is 263 g/mol. The highest BCUT2D eigenvalue weighted by atomic mass is 16.3. The van der Waals surface area contributed by atoms with Gasteiger partial charge in [-0.2, -0.15) is 0 Å². The molecule has 1 aliphatic heterocycles. The van der Waals surface area contributed by atoms with Gasteiger partial charge in [0.15, 0.2) is 5.96 Å². The zero-order valence-corrected chi connectivity index (χ0v) is 11.0. The molecule has 6 nitrogen and oxygen atoms in total. The average Bonchev–Trinajstić information content (AvgIpc) is 2.40. The minimum atomic E-state index is 0.0744. The zero-order valence-electron chi connectivity index (χ0n) is 11.0. The van der Waals surface area contributed by atoms with Crippen LogP contribution in [0, 0.1) is 0 Å². The maximum atomic E-state index is 8.92. The minimum Gasteiger partial charge on any atom is -0.395 e. The number of piperazine rings is 1. The SMILES string of the molecule is NC(N)=Nc1ccc(N2CCN(CCO)CC2)cc1. The maximum absolute atomic E-state index is 8.92. The van der Waals surface area contributed by atoms with Crippen molar-refractivity contribution in [3.05, 3.63) is 24.3 Å². The molecule has 1 fully saturated rings. The molecule has 0 aromatic heterocycles. The van der Waals surface area contributed by atoms with Crippen LogP contribution in [0.1, 0.15) is 0 Å². The normalized spacial score (nSPS) is 16.4. The number of hydrogen-bond acceptors (Lipinski definition) is 4. The molecule has 5 N–H and O–H groups in total. The van der Waals surface area contributed by atoms with Crippen LogP contribution < -0.4 is 16.4 Å². The molecule has 0 saturated carbocycles. The van der Waals surface area contributed by atoms with Crippen LogP contribution in [0.2, 0.25) is 0 Å². The van der Waals surface area contributed by atoms with E-state index in [0.29, 0.717) is 0 Å². The Hall–Kier alpha value is -1.79. The highest BCUT2D eigenvalue weighted by Gasteiger charge is 2.16. The number of aliphatic hydroxyl groups is 1. The first-order valence-electron chi connectivity index (χ1n) is 6.47. The van der Waals surface area contributed by atoms with Crippen LogP contribution in [0.4, 0.5) is 11.4 Å². The van der Waals surface area contributed by atoms with Gasteiger partial charge in [0.05, 0.1) is 12.3 Å². The first kappa shape index (κ1) is 13.6. The number of hydrogen-bond donors (Lipinski definition) is 3. The van der Waals surface area contributed by atoms with Crippen LogP contribution in [0.15, 0.2) is 29.3 Å². The van der Waals surface area contributed by atoms with Gasteiger partial charge in [0.25, 0.3) is 0 Å². The summed E-state index contributed by atoms with van der Waals surface area (Å²) in [6.07, 6.45) is 0. The van der Waals surface area contributed by atoms with Crippen molar-refractivity contribution in [2.24, 2.45) is 16.5 Å². The van der Waals surface area contributed by atoms with Crippen LogP contribution in [-0.2, 0) is 0 Å². The molecule has 1 aromatic carbocycles. The fourth-order valence-electron chi connectivity index (χ4n) is 2.26. The van der Waals surface area contributed by atoms with Crippen LogP contribution in [0.5, 0.6) is 0 Å². The second kappa shape index (κ2) is 6.40. The number of anilines is 1. The van der Waals surface area contributed by atoms with Crippen molar-refractivity contribution in [1.29, 1.82) is 0 Å². The van der Waals surface area contributed by atoms with Crippen molar-refractivity contribution >= 4 is 17.3 Å². The van der Waals surface area contributed by atoms with Gasteiger partial charge in [-0.05, 0) is 24.3 Å². The highest BCUT2D eigenvalue weighted by molar-refractivity contribution is 5.79. The Bertz CT molecular complexity index is 419. The van der Waals surface area contributed by atoms with Crippen LogP contribution in [0.3, 0.4) is 0 Å². The highest BCUT2D eigenvalue weighted by Crippen LogP contribution is 2.20. The summed E-state index contributed by atoms with van der Waals surface area (Å²) in [6.45, 7) is 4.90. The lowest BCUT2D eigenvalue weighted by molar-refractivity contribution is 0.189. The fourth-order valence-corrected chi connectivity index (χ4v) is 2.26. The zero-order chi connectivity index (χ0) is 13.7. The van der Waals surface area contributed by atoms with E-state index < -0.39 is 0 Å². The number of β-amino-alcohol motifs (C(OH)–C–C–N with tert-alkyl or cyclic N) is 1. The molecule has 2 rings (SSSR count). The molecule has 0 amide bonds. The van der Waals surface area contributed by atoms with Gasteiger partial charge < -0.3 is 21.5 Å². The van der Waals surface area contributed by atoms with Crippen molar-refractivity contribution in [2.75, 3.05) is 44.2 Å². The molecule has 6 heteroatoms. The van der Waals surface area contributed by atoms with Crippen LogP contribution in [0.25, 0.3) is 0 Å². The summed E-state index contributed by atoms with van der Waals surface area (Å²) in [6, 6.07) is 7.89. The summed E-state index contributed by atoms with van der Waals surface area (Å²) in [5.41, 5.74) is 12.6. The molecule has 0 bridgehead atoms. The molecule has 0 unspecified atom stereocenters. The molecule has 19 heavy (non-hydrogen) atoms. The second-order valence-electron chi connectivity index (χ2n) is 4.61. The van der Waals surface area contributed by atoms with Gasteiger partial charge in [0, 0.05) is 38.4 Å². The molecule has 0 aliphatic carbocycles. The van der Waals surface area contributed by atoms with E-state index in [0.717, 1.165) is 38.4 Å². The summed E-state index contributed by atoms with van der Waals surface area (Å²) in [7, 11) is 0. The van der Waals surface area contributed by atoms with Crippen LogP contribution >= 0.6 is 0 Å². The third kappa shape index (κ3) is 3.84. The average molecular weight is 263 g/mol. The number of guanidine groups is 1. The minimum absolute atomic E-state index is 0.0744. The lowest BCUT2D eigenvalue weighted by atomic mass is 10.2. The van der Waals surface area contributed by atoms with Crippen molar-refractivity contribution in [2.45, 2.75) is 0 Å². The van der Waals surface area contributed by atoms with Gasteiger partial charge in [-0.1, -0.05) is 0 Å². The van der Waals surface area contributed by atoms with E-state index >= 15 is 0 Å². The van der Waals surface area contributed by atoms with E-state index in [-0.39, 0.29) is 12.6 Å². The van der Waals surface area contributed by atoms with Gasteiger partial charge in [-0.15, -0.1) is 0 Å². The summed E-state index contributed by atoms with van der Waals surface area (Å²) in [4.78, 5) is 8.59. The van der Waals surface area contributed by atoms with E-state index in [1.807, 2.05) is 24.3 Å². The number of rotatable bonds is 4. The Morgan fingerprint density at radius 1 is 1.11 bits per heavy atom. The van der Waals surface area contributed by atoms with Crippen molar-refractivity contribution in [1.82, 2.24) is 4.90 Å². The molecule has 0 atom stereocenters. The van der Waals surface area contributed by atoms with E-state index in [1.165, 1.54) is 5.69 Å².